The first-order valence-corrected chi connectivity index (χ1v) is 4.27. The standard InChI is InChI=1S/C9H15NO2/c1-5-8-10-6(2)9(4,12-8)7(3)11/h6H,5H2,1-4H3/t6-,9+/m1/s1. The number of carbonyl (C=O) groups excluding carboxylic acids is 1. The van der Waals surface area contributed by atoms with Gasteiger partial charge in [0, 0.05) is 6.42 Å². The fraction of sp³-hybridized carbons (Fsp3) is 0.778. The van der Waals surface area contributed by atoms with Gasteiger partial charge in [-0.1, -0.05) is 6.92 Å². The van der Waals surface area contributed by atoms with Gasteiger partial charge in [-0.25, -0.2) is 4.99 Å². The highest BCUT2D eigenvalue weighted by molar-refractivity contribution is 5.91. The first-order chi connectivity index (χ1) is 5.50. The topological polar surface area (TPSA) is 38.7 Å². The van der Waals surface area contributed by atoms with Crippen LogP contribution in [0.4, 0.5) is 0 Å². The molecule has 0 radical (unpaired) electrons. The molecule has 0 saturated heterocycles. The summed E-state index contributed by atoms with van der Waals surface area (Å²) in [4.78, 5) is 15.5. The molecule has 12 heavy (non-hydrogen) atoms. The van der Waals surface area contributed by atoms with Gasteiger partial charge in [-0.15, -0.1) is 0 Å². The molecular formula is C9H15NO2. The van der Waals surface area contributed by atoms with Crippen molar-refractivity contribution in [2.45, 2.75) is 45.8 Å². The molecule has 0 aromatic carbocycles. The Morgan fingerprint density at radius 1 is 1.75 bits per heavy atom. The lowest BCUT2D eigenvalue weighted by Crippen LogP contribution is -2.42. The molecule has 3 heteroatoms. The molecule has 1 heterocycles. The Morgan fingerprint density at radius 2 is 2.33 bits per heavy atom. The number of Topliss-reactive ketones (excluding diaryl/α,β-unsaturated/α-hetero) is 1. The van der Waals surface area contributed by atoms with E-state index in [0.717, 1.165) is 6.42 Å². The molecule has 0 aromatic heterocycles. The minimum atomic E-state index is -0.717. The zero-order chi connectivity index (χ0) is 9.35. The van der Waals surface area contributed by atoms with Crippen LogP contribution in [0.1, 0.15) is 34.1 Å². The van der Waals surface area contributed by atoms with Crippen molar-refractivity contribution in [3.8, 4) is 0 Å². The maximum atomic E-state index is 11.2. The summed E-state index contributed by atoms with van der Waals surface area (Å²) < 4.78 is 5.47. The van der Waals surface area contributed by atoms with Gasteiger partial charge in [-0.05, 0) is 20.8 Å². The van der Waals surface area contributed by atoms with Crippen molar-refractivity contribution in [1.82, 2.24) is 0 Å². The summed E-state index contributed by atoms with van der Waals surface area (Å²) in [5.41, 5.74) is -0.717. The molecule has 0 N–H and O–H groups in total. The lowest BCUT2D eigenvalue weighted by atomic mass is 9.95. The van der Waals surface area contributed by atoms with Crippen LogP contribution in [0.2, 0.25) is 0 Å². The molecule has 68 valence electrons. The molecule has 0 saturated carbocycles. The lowest BCUT2D eigenvalue weighted by Gasteiger charge is -2.24. The predicted octanol–water partition coefficient (Wildman–Crippen LogP) is 1.56. The van der Waals surface area contributed by atoms with Crippen LogP contribution < -0.4 is 0 Å². The second-order valence-electron chi connectivity index (χ2n) is 3.32. The molecule has 3 nitrogen and oxygen atoms in total. The third-order valence-electron chi connectivity index (χ3n) is 2.47. The molecule has 1 rings (SSSR count). The average Bonchev–Trinajstić information content (AvgIpc) is 2.29. The first-order valence-electron chi connectivity index (χ1n) is 4.27. The summed E-state index contributed by atoms with van der Waals surface area (Å²) in [6.07, 6.45) is 0.757. The van der Waals surface area contributed by atoms with E-state index in [4.69, 9.17) is 4.74 Å². The minimum Gasteiger partial charge on any atom is -0.465 e. The summed E-state index contributed by atoms with van der Waals surface area (Å²) in [7, 11) is 0. The molecule has 0 aliphatic carbocycles. The van der Waals surface area contributed by atoms with Crippen LogP contribution in [-0.4, -0.2) is 23.3 Å². The SMILES string of the molecule is CCC1=N[C@H](C)[C@@](C)(C(C)=O)O1. The van der Waals surface area contributed by atoms with Gasteiger partial charge in [-0.3, -0.25) is 4.79 Å². The molecule has 0 aromatic rings. The van der Waals surface area contributed by atoms with Crippen LogP contribution in [0.15, 0.2) is 4.99 Å². The van der Waals surface area contributed by atoms with Crippen molar-refractivity contribution in [1.29, 1.82) is 0 Å². The van der Waals surface area contributed by atoms with Crippen molar-refractivity contribution < 1.29 is 9.53 Å². The number of nitrogens with zero attached hydrogens (tertiary/aromatic N) is 1. The van der Waals surface area contributed by atoms with E-state index >= 15 is 0 Å². The highest BCUT2D eigenvalue weighted by Gasteiger charge is 2.43. The van der Waals surface area contributed by atoms with Gasteiger partial charge < -0.3 is 4.74 Å². The molecule has 1 aliphatic heterocycles. The minimum absolute atomic E-state index is 0.0437. The number of hydrogen-bond donors (Lipinski definition) is 0. The van der Waals surface area contributed by atoms with E-state index < -0.39 is 5.60 Å². The highest BCUT2D eigenvalue weighted by Crippen LogP contribution is 2.27. The smallest absolute Gasteiger partial charge is 0.187 e. The average molecular weight is 169 g/mol. The zero-order valence-corrected chi connectivity index (χ0v) is 8.05. The van der Waals surface area contributed by atoms with Crippen molar-refractivity contribution in [2.75, 3.05) is 0 Å². The number of rotatable bonds is 2. The predicted molar refractivity (Wildman–Crippen MR) is 47.4 cm³/mol. The van der Waals surface area contributed by atoms with E-state index in [1.165, 1.54) is 0 Å². The third-order valence-corrected chi connectivity index (χ3v) is 2.47. The second kappa shape index (κ2) is 2.88. The fourth-order valence-electron chi connectivity index (χ4n) is 1.23. The van der Waals surface area contributed by atoms with Gasteiger partial charge in [-0.2, -0.15) is 0 Å². The highest BCUT2D eigenvalue weighted by atomic mass is 16.5. The van der Waals surface area contributed by atoms with Gasteiger partial charge in [0.1, 0.15) is 0 Å². The van der Waals surface area contributed by atoms with Crippen molar-refractivity contribution in [3.05, 3.63) is 0 Å². The van der Waals surface area contributed by atoms with E-state index in [0.29, 0.717) is 5.90 Å². The number of ketones is 1. The molecule has 0 fully saturated rings. The summed E-state index contributed by atoms with van der Waals surface area (Å²) in [5.74, 6) is 0.738. The summed E-state index contributed by atoms with van der Waals surface area (Å²) in [6, 6.07) is -0.0510. The van der Waals surface area contributed by atoms with Crippen molar-refractivity contribution in [2.24, 2.45) is 4.99 Å². The molecule has 1 aliphatic rings. The molecule has 0 unspecified atom stereocenters. The van der Waals surface area contributed by atoms with Gasteiger partial charge in [0.2, 0.25) is 0 Å². The van der Waals surface area contributed by atoms with Gasteiger partial charge in [0.25, 0.3) is 0 Å². The summed E-state index contributed by atoms with van der Waals surface area (Å²) >= 11 is 0. The number of ether oxygens (including phenoxy) is 1. The maximum absolute atomic E-state index is 11.2. The Labute approximate surface area is 72.8 Å². The van der Waals surface area contributed by atoms with Crippen LogP contribution >= 0.6 is 0 Å². The molecule has 0 amide bonds. The Hall–Kier alpha value is -0.860. The van der Waals surface area contributed by atoms with Gasteiger partial charge >= 0.3 is 0 Å². The Morgan fingerprint density at radius 3 is 2.58 bits per heavy atom. The van der Waals surface area contributed by atoms with Crippen molar-refractivity contribution >= 4 is 11.7 Å². The Kier molecular flexibility index (Phi) is 2.22. The number of hydrogen-bond acceptors (Lipinski definition) is 3. The molecule has 0 bridgehead atoms. The monoisotopic (exact) mass is 169 g/mol. The van der Waals surface area contributed by atoms with Crippen molar-refractivity contribution in [3.63, 3.8) is 0 Å². The van der Waals surface area contributed by atoms with Gasteiger partial charge in [0.05, 0.1) is 6.04 Å². The van der Waals surface area contributed by atoms with E-state index in [9.17, 15) is 4.79 Å². The molecule has 0 spiro atoms. The summed E-state index contributed by atoms with van der Waals surface area (Å²) in [6.45, 7) is 7.22. The number of carbonyl (C=O) groups is 1. The van der Waals surface area contributed by atoms with Crippen LogP contribution in [0.5, 0.6) is 0 Å². The van der Waals surface area contributed by atoms with Crippen LogP contribution in [0, 0.1) is 0 Å². The van der Waals surface area contributed by atoms with Crippen LogP contribution in [-0.2, 0) is 9.53 Å². The fourth-order valence-corrected chi connectivity index (χ4v) is 1.23. The molecule has 2 atom stereocenters. The van der Waals surface area contributed by atoms with Crippen LogP contribution in [0.3, 0.4) is 0 Å². The quantitative estimate of drug-likeness (QED) is 0.629. The van der Waals surface area contributed by atoms with E-state index in [1.54, 1.807) is 13.8 Å². The Bertz CT molecular complexity index is 235. The molecular weight excluding hydrogens is 154 g/mol. The maximum Gasteiger partial charge on any atom is 0.187 e. The number of aliphatic imine (C=N–C) groups is 1. The summed E-state index contributed by atoms with van der Waals surface area (Å²) in [5, 5.41) is 0. The lowest BCUT2D eigenvalue weighted by molar-refractivity contribution is -0.131. The van der Waals surface area contributed by atoms with E-state index in [1.807, 2.05) is 13.8 Å². The third kappa shape index (κ3) is 1.24. The largest absolute Gasteiger partial charge is 0.465 e. The first kappa shape index (κ1) is 9.23. The normalized spacial score (nSPS) is 34.3. The van der Waals surface area contributed by atoms with E-state index in [-0.39, 0.29) is 11.8 Å². The second-order valence-corrected chi connectivity index (χ2v) is 3.32. The Balaban J connectivity index is 2.82. The van der Waals surface area contributed by atoms with E-state index in [2.05, 4.69) is 4.99 Å². The van der Waals surface area contributed by atoms with Crippen LogP contribution in [0.25, 0.3) is 0 Å². The van der Waals surface area contributed by atoms with Gasteiger partial charge in [0.15, 0.2) is 17.3 Å². The zero-order valence-electron chi connectivity index (χ0n) is 8.05.